The molecule has 4 rings (SSSR count). The van der Waals surface area contributed by atoms with Crippen molar-refractivity contribution in [1.29, 1.82) is 0 Å². The third-order valence-electron chi connectivity index (χ3n) is 5.12. The van der Waals surface area contributed by atoms with Gasteiger partial charge >= 0.3 is 5.97 Å². The molecular weight excluding hydrogens is 410 g/mol. The Bertz CT molecular complexity index is 1420. The van der Waals surface area contributed by atoms with Gasteiger partial charge in [-0.25, -0.2) is 4.79 Å². The summed E-state index contributed by atoms with van der Waals surface area (Å²) in [6.07, 6.45) is 0. The number of rotatable bonds is 4. The molecule has 0 fully saturated rings. The van der Waals surface area contributed by atoms with Crippen molar-refractivity contribution in [3.63, 3.8) is 0 Å². The summed E-state index contributed by atoms with van der Waals surface area (Å²) < 4.78 is 11.6. The number of ether oxygens (including phenoxy) is 1. The number of aryl methyl sites for hydroxylation is 3. The van der Waals surface area contributed by atoms with E-state index in [9.17, 15) is 19.7 Å². The van der Waals surface area contributed by atoms with Gasteiger partial charge in [0.1, 0.15) is 5.58 Å². The summed E-state index contributed by atoms with van der Waals surface area (Å²) >= 11 is 0. The molecule has 0 aliphatic heterocycles. The molecule has 0 atom stereocenters. The molecule has 4 aromatic rings. The van der Waals surface area contributed by atoms with Gasteiger partial charge in [-0.05, 0) is 50.1 Å². The molecule has 0 unspecified atom stereocenters. The van der Waals surface area contributed by atoms with E-state index in [1.54, 1.807) is 25.1 Å². The molecule has 0 amide bonds. The maximum atomic E-state index is 13.4. The fraction of sp³-hybridized carbons (Fsp3) is 0.120. The minimum absolute atomic E-state index is 0.0746. The fourth-order valence-electron chi connectivity index (χ4n) is 3.53. The molecule has 0 spiro atoms. The second-order valence-electron chi connectivity index (χ2n) is 7.60. The molecule has 32 heavy (non-hydrogen) atoms. The summed E-state index contributed by atoms with van der Waals surface area (Å²) in [7, 11) is 0. The van der Waals surface area contributed by atoms with Crippen LogP contribution in [0.2, 0.25) is 0 Å². The highest BCUT2D eigenvalue weighted by molar-refractivity contribution is 5.93. The van der Waals surface area contributed by atoms with Crippen LogP contribution in [0.4, 0.5) is 5.69 Å². The maximum absolute atomic E-state index is 13.4. The monoisotopic (exact) mass is 429 g/mol. The highest BCUT2D eigenvalue weighted by atomic mass is 16.6. The van der Waals surface area contributed by atoms with Gasteiger partial charge < -0.3 is 9.15 Å². The molecule has 0 radical (unpaired) electrons. The number of nitro benzene ring substituents is 1. The van der Waals surface area contributed by atoms with Crippen LogP contribution >= 0.6 is 0 Å². The molecule has 7 nitrogen and oxygen atoms in total. The summed E-state index contributed by atoms with van der Waals surface area (Å²) in [5, 5.41) is 11.2. The molecule has 0 saturated heterocycles. The van der Waals surface area contributed by atoms with E-state index in [0.29, 0.717) is 22.1 Å². The second-order valence-corrected chi connectivity index (χ2v) is 7.60. The number of esters is 1. The Morgan fingerprint density at radius 3 is 2.22 bits per heavy atom. The molecule has 7 heteroatoms. The maximum Gasteiger partial charge on any atom is 0.343 e. The van der Waals surface area contributed by atoms with E-state index < -0.39 is 16.3 Å². The van der Waals surface area contributed by atoms with Gasteiger partial charge in [-0.3, -0.25) is 14.9 Å². The summed E-state index contributed by atoms with van der Waals surface area (Å²) in [4.78, 5) is 36.5. The summed E-state index contributed by atoms with van der Waals surface area (Å²) in [6.45, 7) is 5.63. The van der Waals surface area contributed by atoms with Crippen molar-refractivity contribution >= 4 is 22.6 Å². The van der Waals surface area contributed by atoms with E-state index in [1.165, 1.54) is 24.3 Å². The minimum Gasteiger partial charge on any atom is -0.452 e. The molecule has 0 aliphatic carbocycles. The van der Waals surface area contributed by atoms with E-state index in [2.05, 4.69) is 0 Å². The Morgan fingerprint density at radius 2 is 1.59 bits per heavy atom. The Balaban J connectivity index is 1.88. The van der Waals surface area contributed by atoms with E-state index in [-0.39, 0.29) is 22.8 Å². The van der Waals surface area contributed by atoms with Gasteiger partial charge in [0, 0.05) is 17.7 Å². The molecule has 0 bridgehead atoms. The normalized spacial score (nSPS) is 10.8. The van der Waals surface area contributed by atoms with Gasteiger partial charge in [0.2, 0.25) is 11.2 Å². The first-order valence-electron chi connectivity index (χ1n) is 9.86. The zero-order valence-electron chi connectivity index (χ0n) is 17.7. The average molecular weight is 429 g/mol. The first-order valence-corrected chi connectivity index (χ1v) is 9.86. The average Bonchev–Trinajstić information content (AvgIpc) is 2.75. The van der Waals surface area contributed by atoms with Crippen LogP contribution in [0, 0.1) is 30.9 Å². The number of fused-ring (bicyclic) bond motifs is 1. The molecular formula is C25H19NO6. The topological polar surface area (TPSA) is 99.7 Å². The van der Waals surface area contributed by atoms with Crippen LogP contribution in [0.5, 0.6) is 5.75 Å². The summed E-state index contributed by atoms with van der Waals surface area (Å²) in [6, 6.07) is 15.9. The largest absolute Gasteiger partial charge is 0.452 e. The lowest BCUT2D eigenvalue weighted by molar-refractivity contribution is -0.384. The van der Waals surface area contributed by atoms with Crippen LogP contribution in [0.3, 0.4) is 0 Å². The highest BCUT2D eigenvalue weighted by Crippen LogP contribution is 2.33. The Kier molecular flexibility index (Phi) is 5.32. The second kappa shape index (κ2) is 8.11. The van der Waals surface area contributed by atoms with Crippen molar-refractivity contribution in [2.45, 2.75) is 20.8 Å². The predicted molar refractivity (Wildman–Crippen MR) is 120 cm³/mol. The van der Waals surface area contributed by atoms with Crippen LogP contribution < -0.4 is 10.2 Å². The molecule has 160 valence electrons. The number of carbonyl (C=O) groups is 1. The Labute approximate surface area is 183 Å². The fourth-order valence-corrected chi connectivity index (χ4v) is 3.53. The van der Waals surface area contributed by atoms with Crippen LogP contribution in [-0.2, 0) is 0 Å². The molecule has 1 heterocycles. The highest BCUT2D eigenvalue weighted by Gasteiger charge is 2.23. The summed E-state index contributed by atoms with van der Waals surface area (Å²) in [5.74, 6) is -0.899. The number of non-ortho nitro benzene ring substituents is 1. The minimum atomic E-state index is -0.815. The van der Waals surface area contributed by atoms with E-state index >= 15 is 0 Å². The lowest BCUT2D eigenvalue weighted by Gasteiger charge is -2.12. The van der Waals surface area contributed by atoms with Crippen LogP contribution in [-0.4, -0.2) is 10.9 Å². The van der Waals surface area contributed by atoms with Crippen molar-refractivity contribution < 1.29 is 18.9 Å². The lowest BCUT2D eigenvalue weighted by atomic mass is 10.0. The van der Waals surface area contributed by atoms with E-state index in [0.717, 1.165) is 11.1 Å². The molecule has 0 N–H and O–H groups in total. The SMILES string of the molecule is Cc1ccc(-c2oc3cc(C)cc(C)c3c(=O)c2OC(=O)c2ccc([N+](=O)[O-])cc2)cc1. The van der Waals surface area contributed by atoms with Crippen molar-refractivity contribution in [3.8, 4) is 17.1 Å². The van der Waals surface area contributed by atoms with Gasteiger partial charge in [-0.2, -0.15) is 0 Å². The zero-order valence-corrected chi connectivity index (χ0v) is 17.7. The van der Waals surface area contributed by atoms with Crippen LogP contribution in [0.1, 0.15) is 27.0 Å². The number of nitro groups is 1. The van der Waals surface area contributed by atoms with Crippen molar-refractivity contribution in [2.24, 2.45) is 0 Å². The quantitative estimate of drug-likeness (QED) is 0.241. The molecule has 0 saturated carbocycles. The van der Waals surface area contributed by atoms with Gasteiger partial charge in [0.05, 0.1) is 15.9 Å². The number of benzene rings is 3. The summed E-state index contributed by atoms with van der Waals surface area (Å²) in [5.41, 5.74) is 3.10. The van der Waals surface area contributed by atoms with Gasteiger partial charge in [-0.1, -0.05) is 35.9 Å². The van der Waals surface area contributed by atoms with Crippen molar-refractivity contribution in [2.75, 3.05) is 0 Å². The zero-order chi connectivity index (χ0) is 23.0. The molecule has 3 aromatic carbocycles. The first-order chi connectivity index (χ1) is 15.2. The van der Waals surface area contributed by atoms with E-state index in [4.69, 9.17) is 9.15 Å². The van der Waals surface area contributed by atoms with Crippen LogP contribution in [0.25, 0.3) is 22.3 Å². The van der Waals surface area contributed by atoms with Crippen molar-refractivity contribution in [1.82, 2.24) is 0 Å². The number of nitrogens with zero attached hydrogens (tertiary/aromatic N) is 1. The standard InChI is InChI=1S/C25H19NO6/c1-14-4-6-17(7-5-14)23-24(22(27)21-16(3)12-15(2)13-20(21)31-23)32-25(28)18-8-10-19(11-9-18)26(29)30/h4-13H,1-3H3. The molecule has 1 aromatic heterocycles. The first kappa shape index (κ1) is 21.0. The van der Waals surface area contributed by atoms with E-state index in [1.807, 2.05) is 32.0 Å². The Morgan fingerprint density at radius 1 is 0.938 bits per heavy atom. The van der Waals surface area contributed by atoms with Crippen LogP contribution in [0.15, 0.2) is 69.9 Å². The number of hydrogen-bond acceptors (Lipinski definition) is 6. The molecule has 0 aliphatic rings. The Hall–Kier alpha value is -4.26. The van der Waals surface area contributed by atoms with Gasteiger partial charge in [-0.15, -0.1) is 0 Å². The lowest BCUT2D eigenvalue weighted by Crippen LogP contribution is -2.17. The third kappa shape index (κ3) is 3.88. The van der Waals surface area contributed by atoms with Crippen molar-refractivity contribution in [3.05, 3.63) is 103 Å². The van der Waals surface area contributed by atoms with Gasteiger partial charge in [0.25, 0.3) is 5.69 Å². The predicted octanol–water partition coefficient (Wildman–Crippen LogP) is 5.51. The smallest absolute Gasteiger partial charge is 0.343 e. The van der Waals surface area contributed by atoms with Gasteiger partial charge in [0.15, 0.2) is 5.76 Å². The number of carbonyl (C=O) groups excluding carboxylic acids is 1. The third-order valence-corrected chi connectivity index (χ3v) is 5.12. The number of hydrogen-bond donors (Lipinski definition) is 0.